The van der Waals surface area contributed by atoms with Gasteiger partial charge in [0.05, 0.1) is 31.7 Å². The number of methoxy groups -OCH3 is 2. The summed E-state index contributed by atoms with van der Waals surface area (Å²) >= 11 is 6.79. The second-order valence-corrected chi connectivity index (χ2v) is 16.2. The van der Waals surface area contributed by atoms with Gasteiger partial charge in [-0.1, -0.05) is 48.4 Å². The fourth-order valence-electron chi connectivity index (χ4n) is 7.89. The smallest absolute Gasteiger partial charge is 0.328 e. The van der Waals surface area contributed by atoms with Crippen LogP contribution < -0.4 is 15.4 Å². The number of fused-ring (bicyclic) bond motifs is 6. The molecule has 0 spiro atoms. The van der Waals surface area contributed by atoms with Crippen molar-refractivity contribution in [1.29, 1.82) is 0 Å². The van der Waals surface area contributed by atoms with Crippen LogP contribution in [0.1, 0.15) is 63.0 Å². The van der Waals surface area contributed by atoms with Crippen LogP contribution in [-0.4, -0.2) is 109 Å². The molecule has 3 N–H and O–H groups in total. The SMILES string of the molecule is COc1cc2cc(c1Cl)N(C)C(=O)C[C@H](OC(=O)[C@H](C)N(C)C(=O)c1cc3ccc(N)cc3cn1)[C@]1(C)O[C@H]1[C@H](C)[C@@H]1C[C@@](O)(CC(=O)O1)[C@H](OC)/C=C/C=C(\C)C2. The highest BCUT2D eigenvalue weighted by atomic mass is 35.5. The lowest BCUT2D eigenvalue weighted by molar-refractivity contribution is -0.187. The van der Waals surface area contributed by atoms with Gasteiger partial charge in [0.15, 0.2) is 0 Å². The summed E-state index contributed by atoms with van der Waals surface area (Å²) in [7, 11) is 5.99. The number of nitrogens with zero attached hydrogens (tertiary/aromatic N) is 3. The average Bonchev–Trinajstić information content (AvgIpc) is 3.89. The fraction of sp³-hybridized carbons (Fsp3) is 0.465. The lowest BCUT2D eigenvalue weighted by Gasteiger charge is -2.41. The van der Waals surface area contributed by atoms with Gasteiger partial charge in [0.1, 0.15) is 52.0 Å². The van der Waals surface area contributed by atoms with E-state index in [4.69, 9.17) is 41.0 Å². The van der Waals surface area contributed by atoms with Gasteiger partial charge in [0, 0.05) is 50.8 Å². The van der Waals surface area contributed by atoms with E-state index < -0.39 is 71.3 Å². The summed E-state index contributed by atoms with van der Waals surface area (Å²) in [5, 5.41) is 13.6. The van der Waals surface area contributed by atoms with Crippen molar-refractivity contribution in [2.75, 3.05) is 38.9 Å². The first-order valence-corrected chi connectivity index (χ1v) is 19.5. The van der Waals surface area contributed by atoms with Crippen LogP contribution in [0.2, 0.25) is 5.02 Å². The summed E-state index contributed by atoms with van der Waals surface area (Å²) in [5.74, 6) is -2.52. The largest absolute Gasteiger partial charge is 0.495 e. The van der Waals surface area contributed by atoms with E-state index in [0.29, 0.717) is 23.5 Å². The third kappa shape index (κ3) is 8.56. The quantitative estimate of drug-likeness (QED) is 0.189. The number of hydrogen-bond acceptors (Lipinski definition) is 12. The first-order chi connectivity index (χ1) is 27.4. The molecule has 0 radical (unpaired) electrons. The van der Waals surface area contributed by atoms with Gasteiger partial charge in [0.2, 0.25) is 5.91 Å². The van der Waals surface area contributed by atoms with Crippen LogP contribution in [0.15, 0.2) is 66.4 Å². The zero-order valence-corrected chi connectivity index (χ0v) is 34.7. The van der Waals surface area contributed by atoms with Crippen molar-refractivity contribution in [3.8, 4) is 5.75 Å². The molecule has 2 saturated heterocycles. The molecule has 0 saturated carbocycles. The van der Waals surface area contributed by atoms with E-state index in [9.17, 15) is 24.3 Å². The Balaban J connectivity index is 1.34. The molecule has 3 aliphatic heterocycles. The highest BCUT2D eigenvalue weighted by molar-refractivity contribution is 6.35. The minimum Gasteiger partial charge on any atom is -0.495 e. The van der Waals surface area contributed by atoms with Gasteiger partial charge < -0.3 is 44.3 Å². The Morgan fingerprint density at radius 2 is 1.90 bits per heavy atom. The number of pyridine rings is 1. The Kier molecular flexibility index (Phi) is 12.3. The summed E-state index contributed by atoms with van der Waals surface area (Å²) < 4.78 is 29.6. The number of benzene rings is 2. The Labute approximate surface area is 342 Å². The molecule has 3 aliphatic rings. The Morgan fingerprint density at radius 1 is 1.16 bits per heavy atom. The number of nitrogens with two attached hydrogens (primary N) is 1. The summed E-state index contributed by atoms with van der Waals surface area (Å²) in [6.07, 6.45) is 3.27. The van der Waals surface area contributed by atoms with Gasteiger partial charge in [0.25, 0.3) is 5.91 Å². The van der Waals surface area contributed by atoms with Gasteiger partial charge in [-0.3, -0.25) is 19.4 Å². The third-order valence-corrected chi connectivity index (χ3v) is 12.1. The number of anilines is 2. The molecule has 310 valence electrons. The molecule has 8 atom stereocenters. The Morgan fingerprint density at radius 3 is 2.60 bits per heavy atom. The monoisotopic (exact) mass is 818 g/mol. The van der Waals surface area contributed by atoms with Gasteiger partial charge in [-0.25, -0.2) is 4.79 Å². The van der Waals surface area contributed by atoms with Crippen molar-refractivity contribution in [3.05, 3.63) is 82.7 Å². The molecule has 6 rings (SSSR count). The van der Waals surface area contributed by atoms with Gasteiger partial charge in [-0.15, -0.1) is 0 Å². The van der Waals surface area contributed by atoms with E-state index in [-0.39, 0.29) is 30.0 Å². The van der Waals surface area contributed by atoms with Crippen LogP contribution in [0, 0.1) is 5.92 Å². The molecular weight excluding hydrogens is 768 g/mol. The molecule has 2 aromatic carbocycles. The zero-order valence-electron chi connectivity index (χ0n) is 34.0. The molecule has 15 heteroatoms. The number of nitrogen functional groups attached to an aromatic ring is 1. The maximum absolute atomic E-state index is 14.3. The second kappa shape index (κ2) is 16.7. The minimum atomic E-state index is -1.60. The van der Waals surface area contributed by atoms with E-state index in [1.807, 2.05) is 19.9 Å². The number of halogens is 1. The Bertz CT molecular complexity index is 2180. The maximum atomic E-state index is 14.3. The topological polar surface area (TPSA) is 183 Å². The van der Waals surface area contributed by atoms with Crippen LogP contribution >= 0.6 is 11.6 Å². The van der Waals surface area contributed by atoms with E-state index >= 15 is 0 Å². The van der Waals surface area contributed by atoms with E-state index in [2.05, 4.69) is 4.98 Å². The fourth-order valence-corrected chi connectivity index (χ4v) is 8.20. The van der Waals surface area contributed by atoms with Crippen molar-refractivity contribution < 1.29 is 48.0 Å². The standard InChI is InChI=1S/C43H51ClN4O10/c1-23-10-9-11-34(55-8)43(53)20-33(56-37(50)21-43)24(2)39-42(4,58-39)35(19-36(49)48(6)31-15-26(14-23)16-32(54-7)38(31)44)57-41(52)25(3)47(5)40(51)30-18-27-12-13-29(45)17-28(27)22-46-30/h9-13,15-18,22,24-25,33-35,39,53H,14,19-21,45H2,1-8H3/b11-9+,23-10+/t24-,25+,33+,34-,35+,39+,42+,43-/m1/s1. The molecule has 4 bridgehead atoms. The third-order valence-electron chi connectivity index (χ3n) is 11.7. The number of carbonyl (C=O) groups is 4. The van der Waals surface area contributed by atoms with Gasteiger partial charge in [-0.2, -0.15) is 0 Å². The molecule has 1 aromatic heterocycles. The van der Waals surface area contributed by atoms with E-state index in [0.717, 1.165) is 21.9 Å². The number of likely N-dealkylation sites (N-methyl/N-ethyl adjacent to an activating group) is 1. The lowest BCUT2D eigenvalue weighted by Crippen LogP contribution is -2.53. The summed E-state index contributed by atoms with van der Waals surface area (Å²) in [6.45, 7) is 6.99. The van der Waals surface area contributed by atoms with E-state index in [1.165, 1.54) is 38.0 Å². The highest BCUT2D eigenvalue weighted by Crippen LogP contribution is 2.50. The number of ether oxygens (including phenoxy) is 5. The molecule has 3 aromatic rings. The molecular formula is C43H51ClN4O10. The second-order valence-electron chi connectivity index (χ2n) is 15.8. The zero-order chi connectivity index (χ0) is 42.3. The maximum Gasteiger partial charge on any atom is 0.328 e. The van der Waals surface area contributed by atoms with Crippen molar-refractivity contribution >= 4 is 57.5 Å². The summed E-state index contributed by atoms with van der Waals surface area (Å²) in [5.41, 5.74) is 5.85. The van der Waals surface area contributed by atoms with Crippen molar-refractivity contribution in [3.63, 3.8) is 0 Å². The van der Waals surface area contributed by atoms with Crippen LogP contribution in [0.3, 0.4) is 0 Å². The van der Waals surface area contributed by atoms with Gasteiger partial charge >= 0.3 is 11.9 Å². The molecule has 14 nitrogen and oxygen atoms in total. The molecule has 2 amide bonds. The van der Waals surface area contributed by atoms with E-state index in [1.54, 1.807) is 68.7 Å². The number of esters is 2. The number of aromatic nitrogens is 1. The van der Waals surface area contributed by atoms with Crippen LogP contribution in [-0.2, 0) is 39.8 Å². The summed E-state index contributed by atoms with van der Waals surface area (Å²) in [6, 6.07) is 9.35. The van der Waals surface area contributed by atoms with Crippen molar-refractivity contribution in [1.82, 2.24) is 9.88 Å². The number of allylic oxidation sites excluding steroid dienone is 3. The average molecular weight is 819 g/mol. The number of carbonyl (C=O) groups excluding carboxylic acids is 4. The predicted molar refractivity (Wildman–Crippen MR) is 218 cm³/mol. The molecule has 0 unspecified atom stereocenters. The van der Waals surface area contributed by atoms with Gasteiger partial charge in [-0.05, 0) is 68.5 Å². The normalized spacial score (nSPS) is 29.7. The number of hydrogen-bond donors (Lipinski definition) is 2. The number of rotatable bonds is 6. The van der Waals surface area contributed by atoms with Crippen molar-refractivity contribution in [2.24, 2.45) is 5.92 Å². The number of aliphatic hydroxyl groups is 1. The minimum absolute atomic E-state index is 0.0395. The van der Waals surface area contributed by atoms with Crippen LogP contribution in [0.4, 0.5) is 11.4 Å². The first kappa shape index (κ1) is 42.6. The molecule has 4 heterocycles. The highest BCUT2D eigenvalue weighted by Gasteiger charge is 2.64. The number of amides is 2. The Hall–Kier alpha value is -5.02. The van der Waals surface area contributed by atoms with Crippen LogP contribution in [0.5, 0.6) is 5.75 Å². The predicted octanol–water partition coefficient (Wildman–Crippen LogP) is 5.21. The first-order valence-electron chi connectivity index (χ1n) is 19.1. The molecule has 2 fully saturated rings. The van der Waals surface area contributed by atoms with Crippen molar-refractivity contribution in [2.45, 2.75) is 95.0 Å². The lowest BCUT2D eigenvalue weighted by atomic mass is 9.78. The molecule has 0 aliphatic carbocycles. The molecule has 58 heavy (non-hydrogen) atoms. The number of epoxide rings is 1. The van der Waals surface area contributed by atoms with Crippen LogP contribution in [0.25, 0.3) is 10.8 Å². The summed E-state index contributed by atoms with van der Waals surface area (Å²) in [4.78, 5) is 61.9.